The molecule has 1 aromatic carbocycles. The molecule has 0 fully saturated rings. The van der Waals surface area contributed by atoms with Crippen LogP contribution in [0.15, 0.2) is 28.7 Å². The maximum atomic E-state index is 11.9. The number of carbonyl (C=O) groups is 1. The number of amides is 1. The van der Waals surface area contributed by atoms with Crippen LogP contribution in [0.25, 0.3) is 11.5 Å². The Balaban J connectivity index is 1.75. The zero-order valence-corrected chi connectivity index (χ0v) is 16.8. The second-order valence-corrected chi connectivity index (χ2v) is 7.44. The van der Waals surface area contributed by atoms with Gasteiger partial charge in [-0.25, -0.2) is 4.98 Å². The SMILES string of the molecule is Cc1ccccc1-c1nc(CSCC(=O)NCCCOC(C)C)c(C)o1. The van der Waals surface area contributed by atoms with Crippen LogP contribution in [0, 0.1) is 13.8 Å². The number of hydrogen-bond acceptors (Lipinski definition) is 5. The van der Waals surface area contributed by atoms with Crippen LogP contribution in [0.3, 0.4) is 0 Å². The molecule has 142 valence electrons. The number of ether oxygens (including phenoxy) is 1. The number of rotatable bonds is 10. The molecular weight excluding hydrogens is 348 g/mol. The third kappa shape index (κ3) is 6.50. The van der Waals surface area contributed by atoms with Crippen LogP contribution in [-0.2, 0) is 15.3 Å². The van der Waals surface area contributed by atoms with E-state index in [-0.39, 0.29) is 12.0 Å². The minimum absolute atomic E-state index is 0.0415. The first-order valence-electron chi connectivity index (χ1n) is 8.95. The van der Waals surface area contributed by atoms with E-state index in [0.29, 0.717) is 30.5 Å². The van der Waals surface area contributed by atoms with E-state index in [2.05, 4.69) is 10.3 Å². The van der Waals surface area contributed by atoms with Gasteiger partial charge in [-0.15, -0.1) is 11.8 Å². The van der Waals surface area contributed by atoms with Crippen molar-refractivity contribution in [3.8, 4) is 11.5 Å². The molecule has 0 radical (unpaired) electrons. The number of nitrogens with one attached hydrogen (secondary N) is 1. The van der Waals surface area contributed by atoms with Crippen molar-refractivity contribution >= 4 is 17.7 Å². The second-order valence-electron chi connectivity index (χ2n) is 6.45. The number of benzene rings is 1. The van der Waals surface area contributed by atoms with E-state index in [9.17, 15) is 4.79 Å². The lowest BCUT2D eigenvalue weighted by molar-refractivity contribution is -0.118. The summed E-state index contributed by atoms with van der Waals surface area (Å²) in [7, 11) is 0. The van der Waals surface area contributed by atoms with E-state index in [1.165, 1.54) is 0 Å². The summed E-state index contributed by atoms with van der Waals surface area (Å²) in [5.74, 6) is 2.56. The molecule has 5 nitrogen and oxygen atoms in total. The van der Waals surface area contributed by atoms with E-state index in [1.807, 2.05) is 52.0 Å². The summed E-state index contributed by atoms with van der Waals surface area (Å²) in [4.78, 5) is 16.5. The third-order valence-corrected chi connectivity index (χ3v) is 4.78. The Labute approximate surface area is 159 Å². The van der Waals surface area contributed by atoms with Crippen LogP contribution in [-0.4, -0.2) is 35.9 Å². The first-order valence-corrected chi connectivity index (χ1v) is 10.1. The molecule has 0 saturated carbocycles. The van der Waals surface area contributed by atoms with Crippen molar-refractivity contribution in [2.75, 3.05) is 18.9 Å². The highest BCUT2D eigenvalue weighted by Gasteiger charge is 2.13. The molecule has 0 unspecified atom stereocenters. The molecule has 0 aliphatic rings. The summed E-state index contributed by atoms with van der Waals surface area (Å²) in [6, 6.07) is 8.03. The Morgan fingerprint density at radius 1 is 1.31 bits per heavy atom. The topological polar surface area (TPSA) is 64.4 Å². The van der Waals surface area contributed by atoms with Crippen LogP contribution in [0.1, 0.15) is 37.3 Å². The molecule has 0 saturated heterocycles. The first kappa shape index (κ1) is 20.5. The minimum atomic E-state index is 0.0415. The van der Waals surface area contributed by atoms with Gasteiger partial charge in [-0.2, -0.15) is 0 Å². The minimum Gasteiger partial charge on any atom is -0.441 e. The number of oxazole rings is 1. The fraction of sp³-hybridized carbons (Fsp3) is 0.500. The Morgan fingerprint density at radius 2 is 2.08 bits per heavy atom. The normalized spacial score (nSPS) is 11.1. The van der Waals surface area contributed by atoms with Crippen LogP contribution >= 0.6 is 11.8 Å². The summed E-state index contributed by atoms with van der Waals surface area (Å²) >= 11 is 1.54. The summed E-state index contributed by atoms with van der Waals surface area (Å²) in [6.07, 6.45) is 1.06. The van der Waals surface area contributed by atoms with Gasteiger partial charge in [0.15, 0.2) is 0 Å². The lowest BCUT2D eigenvalue weighted by Gasteiger charge is -2.08. The van der Waals surface area contributed by atoms with Crippen LogP contribution < -0.4 is 5.32 Å². The lowest BCUT2D eigenvalue weighted by Crippen LogP contribution is -2.27. The molecule has 26 heavy (non-hydrogen) atoms. The Morgan fingerprint density at radius 3 is 2.81 bits per heavy atom. The van der Waals surface area contributed by atoms with E-state index < -0.39 is 0 Å². The molecule has 1 aromatic heterocycles. The Hall–Kier alpha value is -1.79. The van der Waals surface area contributed by atoms with Crippen molar-refractivity contribution in [3.05, 3.63) is 41.3 Å². The van der Waals surface area contributed by atoms with E-state index in [0.717, 1.165) is 29.0 Å². The third-order valence-electron chi connectivity index (χ3n) is 3.83. The van der Waals surface area contributed by atoms with E-state index >= 15 is 0 Å². The summed E-state index contributed by atoms with van der Waals surface area (Å²) in [5.41, 5.74) is 3.04. The number of thioether (sulfide) groups is 1. The Kier molecular flexibility index (Phi) is 8.19. The molecule has 6 heteroatoms. The molecule has 0 aliphatic carbocycles. The van der Waals surface area contributed by atoms with Crippen molar-refractivity contribution in [1.29, 1.82) is 0 Å². The van der Waals surface area contributed by atoms with Gasteiger partial charge in [0.1, 0.15) is 5.76 Å². The van der Waals surface area contributed by atoms with Gasteiger partial charge >= 0.3 is 0 Å². The van der Waals surface area contributed by atoms with Crippen LogP contribution in [0.5, 0.6) is 0 Å². The van der Waals surface area contributed by atoms with Gasteiger partial charge in [-0.3, -0.25) is 4.79 Å². The fourth-order valence-electron chi connectivity index (χ4n) is 2.40. The van der Waals surface area contributed by atoms with Gasteiger partial charge in [-0.1, -0.05) is 18.2 Å². The molecule has 1 heterocycles. The largest absolute Gasteiger partial charge is 0.441 e. The van der Waals surface area contributed by atoms with Crippen molar-refractivity contribution in [2.24, 2.45) is 0 Å². The molecule has 0 bridgehead atoms. The average Bonchev–Trinajstić information content (AvgIpc) is 2.95. The van der Waals surface area contributed by atoms with Crippen molar-refractivity contribution in [3.63, 3.8) is 0 Å². The quantitative estimate of drug-likeness (QED) is 0.632. The highest BCUT2D eigenvalue weighted by atomic mass is 32.2. The second kappa shape index (κ2) is 10.4. The maximum Gasteiger partial charge on any atom is 0.230 e. The van der Waals surface area contributed by atoms with Gasteiger partial charge in [-0.05, 0) is 45.7 Å². The summed E-state index contributed by atoms with van der Waals surface area (Å²) in [6.45, 7) is 9.29. The molecule has 1 amide bonds. The average molecular weight is 377 g/mol. The molecule has 0 aliphatic heterocycles. The fourth-order valence-corrected chi connectivity index (χ4v) is 3.25. The summed E-state index contributed by atoms with van der Waals surface area (Å²) in [5, 5.41) is 2.91. The number of carbonyl (C=O) groups excluding carboxylic acids is 1. The van der Waals surface area contributed by atoms with Gasteiger partial charge in [0.05, 0.1) is 17.6 Å². The van der Waals surface area contributed by atoms with Crippen LogP contribution in [0.4, 0.5) is 0 Å². The summed E-state index contributed by atoms with van der Waals surface area (Å²) < 4.78 is 11.3. The van der Waals surface area contributed by atoms with Crippen molar-refractivity contribution in [2.45, 2.75) is 46.0 Å². The zero-order chi connectivity index (χ0) is 18.9. The number of aromatic nitrogens is 1. The number of hydrogen-bond donors (Lipinski definition) is 1. The highest BCUT2D eigenvalue weighted by molar-refractivity contribution is 7.99. The van der Waals surface area contributed by atoms with E-state index in [1.54, 1.807) is 11.8 Å². The maximum absolute atomic E-state index is 11.9. The van der Waals surface area contributed by atoms with Gasteiger partial charge < -0.3 is 14.5 Å². The predicted molar refractivity (Wildman–Crippen MR) is 106 cm³/mol. The molecular formula is C20H28N2O3S. The van der Waals surface area contributed by atoms with Crippen LogP contribution in [0.2, 0.25) is 0 Å². The van der Waals surface area contributed by atoms with Gasteiger partial charge in [0.2, 0.25) is 11.8 Å². The monoisotopic (exact) mass is 376 g/mol. The standard InChI is InChI=1S/C20H28N2O3S/c1-14(2)24-11-7-10-21-19(23)13-26-12-18-16(4)25-20(22-18)17-9-6-5-8-15(17)3/h5-6,8-9,14H,7,10-13H2,1-4H3,(H,21,23). The van der Waals surface area contributed by atoms with Crippen molar-refractivity contribution in [1.82, 2.24) is 10.3 Å². The van der Waals surface area contributed by atoms with E-state index in [4.69, 9.17) is 9.15 Å². The first-order chi connectivity index (χ1) is 12.5. The van der Waals surface area contributed by atoms with Crippen molar-refractivity contribution < 1.29 is 13.9 Å². The zero-order valence-electron chi connectivity index (χ0n) is 16.0. The lowest BCUT2D eigenvalue weighted by atomic mass is 10.1. The Bertz CT molecular complexity index is 713. The predicted octanol–water partition coefficient (Wildman–Crippen LogP) is 4.12. The van der Waals surface area contributed by atoms with Gasteiger partial charge in [0, 0.05) is 24.5 Å². The van der Waals surface area contributed by atoms with Gasteiger partial charge in [0.25, 0.3) is 0 Å². The molecule has 1 N–H and O–H groups in total. The number of aryl methyl sites for hydroxylation is 2. The smallest absolute Gasteiger partial charge is 0.230 e. The molecule has 2 aromatic rings. The molecule has 2 rings (SSSR count). The number of nitrogens with zero attached hydrogens (tertiary/aromatic N) is 1. The molecule has 0 atom stereocenters. The molecule has 0 spiro atoms. The highest BCUT2D eigenvalue weighted by Crippen LogP contribution is 2.26.